The summed E-state index contributed by atoms with van der Waals surface area (Å²) in [5.74, 6) is 1.06. The molecule has 1 fully saturated rings. The van der Waals surface area contributed by atoms with Gasteiger partial charge in [-0.2, -0.15) is 0 Å². The third kappa shape index (κ3) is 3.98. The maximum Gasteiger partial charge on any atom is 0.269 e. The van der Waals surface area contributed by atoms with Gasteiger partial charge in [0.2, 0.25) is 6.10 Å². The van der Waals surface area contributed by atoms with Crippen LogP contribution in [-0.4, -0.2) is 49.8 Å². The molecule has 0 aliphatic carbocycles. The Kier molecular flexibility index (Phi) is 5.04. The minimum Gasteiger partial charge on any atom is -0.485 e. The molecular formula is C20H22N2O4. The molecule has 6 heteroatoms. The summed E-state index contributed by atoms with van der Waals surface area (Å²) in [4.78, 5) is 14.8. The summed E-state index contributed by atoms with van der Waals surface area (Å²) in [5.41, 5.74) is 1.97. The van der Waals surface area contributed by atoms with E-state index < -0.39 is 6.10 Å². The first-order valence-corrected chi connectivity index (χ1v) is 8.86. The first-order valence-electron chi connectivity index (χ1n) is 8.86. The average Bonchev–Trinajstić information content (AvgIpc) is 2.70. The fraction of sp³-hybridized carbons (Fsp3) is 0.350. The van der Waals surface area contributed by atoms with Crippen LogP contribution in [0.2, 0.25) is 0 Å². The van der Waals surface area contributed by atoms with Crippen molar-refractivity contribution in [3.05, 3.63) is 54.1 Å². The second-order valence-electron chi connectivity index (χ2n) is 6.44. The van der Waals surface area contributed by atoms with E-state index in [-0.39, 0.29) is 12.5 Å². The zero-order chi connectivity index (χ0) is 17.8. The highest BCUT2D eigenvalue weighted by molar-refractivity contribution is 5.94. The normalized spacial score (nSPS) is 19.8. The van der Waals surface area contributed by atoms with Crippen molar-refractivity contribution in [2.75, 3.05) is 38.2 Å². The number of carbonyl (C=O) groups excluding carboxylic acids is 1. The number of hydrogen-bond acceptors (Lipinski definition) is 5. The molecule has 1 saturated heterocycles. The van der Waals surface area contributed by atoms with Crippen molar-refractivity contribution in [1.29, 1.82) is 0 Å². The van der Waals surface area contributed by atoms with Gasteiger partial charge >= 0.3 is 0 Å². The number of rotatable bonds is 4. The van der Waals surface area contributed by atoms with Gasteiger partial charge in [0.15, 0.2) is 11.5 Å². The average molecular weight is 354 g/mol. The summed E-state index contributed by atoms with van der Waals surface area (Å²) in [6.45, 7) is 4.60. The third-order valence-corrected chi connectivity index (χ3v) is 4.53. The van der Waals surface area contributed by atoms with Crippen LogP contribution >= 0.6 is 0 Å². The molecule has 1 amide bonds. The Morgan fingerprint density at radius 1 is 1.04 bits per heavy atom. The summed E-state index contributed by atoms with van der Waals surface area (Å²) in [6, 6.07) is 15.3. The summed E-state index contributed by atoms with van der Waals surface area (Å²) in [7, 11) is 0. The van der Waals surface area contributed by atoms with Crippen LogP contribution in [-0.2, 0) is 16.1 Å². The molecule has 6 nitrogen and oxygen atoms in total. The SMILES string of the molecule is O=C(Nc1ccc(CN2CCOCC2)cc1)C1COc2ccccc2O1. The first kappa shape index (κ1) is 16.9. The van der Waals surface area contributed by atoms with Crippen molar-refractivity contribution in [2.24, 2.45) is 0 Å². The lowest BCUT2D eigenvalue weighted by Crippen LogP contribution is -2.40. The van der Waals surface area contributed by atoms with Crippen molar-refractivity contribution in [2.45, 2.75) is 12.6 Å². The molecule has 2 aliphatic heterocycles. The number of amides is 1. The van der Waals surface area contributed by atoms with Gasteiger partial charge in [-0.25, -0.2) is 0 Å². The van der Waals surface area contributed by atoms with E-state index in [1.54, 1.807) is 6.07 Å². The Morgan fingerprint density at radius 3 is 2.54 bits per heavy atom. The van der Waals surface area contributed by atoms with Gasteiger partial charge in [-0.1, -0.05) is 24.3 Å². The van der Waals surface area contributed by atoms with E-state index in [1.807, 2.05) is 42.5 Å². The molecule has 1 unspecified atom stereocenters. The van der Waals surface area contributed by atoms with Crippen molar-refractivity contribution in [1.82, 2.24) is 4.90 Å². The lowest BCUT2D eigenvalue weighted by atomic mass is 10.2. The van der Waals surface area contributed by atoms with Crippen LogP contribution in [0.3, 0.4) is 0 Å². The van der Waals surface area contributed by atoms with E-state index in [0.717, 1.165) is 38.5 Å². The number of nitrogens with one attached hydrogen (secondary N) is 1. The molecule has 0 radical (unpaired) electrons. The smallest absolute Gasteiger partial charge is 0.269 e. The molecule has 0 aromatic heterocycles. The third-order valence-electron chi connectivity index (χ3n) is 4.53. The number of hydrogen-bond donors (Lipinski definition) is 1. The topological polar surface area (TPSA) is 60.0 Å². The molecule has 4 rings (SSSR count). The van der Waals surface area contributed by atoms with Gasteiger partial charge in [-0.15, -0.1) is 0 Å². The molecule has 0 bridgehead atoms. The summed E-state index contributed by atoms with van der Waals surface area (Å²) < 4.78 is 16.7. The van der Waals surface area contributed by atoms with Crippen LogP contribution in [0.25, 0.3) is 0 Å². The molecule has 2 aliphatic rings. The first-order chi connectivity index (χ1) is 12.8. The van der Waals surface area contributed by atoms with Crippen LogP contribution in [0.15, 0.2) is 48.5 Å². The zero-order valence-electron chi connectivity index (χ0n) is 14.5. The quantitative estimate of drug-likeness (QED) is 0.913. The van der Waals surface area contributed by atoms with E-state index in [2.05, 4.69) is 10.2 Å². The monoisotopic (exact) mass is 354 g/mol. The predicted octanol–water partition coefficient (Wildman–Crippen LogP) is 2.30. The van der Waals surface area contributed by atoms with E-state index in [0.29, 0.717) is 11.5 Å². The molecule has 26 heavy (non-hydrogen) atoms. The minimum atomic E-state index is -0.655. The van der Waals surface area contributed by atoms with Crippen molar-refractivity contribution < 1.29 is 19.0 Å². The van der Waals surface area contributed by atoms with Gasteiger partial charge in [0.25, 0.3) is 5.91 Å². The van der Waals surface area contributed by atoms with E-state index in [9.17, 15) is 4.79 Å². The van der Waals surface area contributed by atoms with Gasteiger partial charge in [-0.05, 0) is 29.8 Å². The summed E-state index contributed by atoms with van der Waals surface area (Å²) in [6.07, 6.45) is -0.655. The summed E-state index contributed by atoms with van der Waals surface area (Å²) in [5, 5.41) is 2.90. The minimum absolute atomic E-state index is 0.206. The van der Waals surface area contributed by atoms with Crippen LogP contribution in [0.5, 0.6) is 11.5 Å². The molecule has 2 aromatic rings. The molecule has 1 N–H and O–H groups in total. The highest BCUT2D eigenvalue weighted by Crippen LogP contribution is 2.31. The van der Waals surface area contributed by atoms with Crippen molar-refractivity contribution in [3.8, 4) is 11.5 Å². The fourth-order valence-electron chi connectivity index (χ4n) is 3.08. The van der Waals surface area contributed by atoms with Gasteiger partial charge in [-0.3, -0.25) is 9.69 Å². The number of morpholine rings is 1. The number of nitrogens with zero attached hydrogens (tertiary/aromatic N) is 1. The lowest BCUT2D eigenvalue weighted by Gasteiger charge is -2.26. The van der Waals surface area contributed by atoms with E-state index in [4.69, 9.17) is 14.2 Å². The highest BCUT2D eigenvalue weighted by Gasteiger charge is 2.27. The molecule has 136 valence electrons. The van der Waals surface area contributed by atoms with Crippen LogP contribution < -0.4 is 14.8 Å². The van der Waals surface area contributed by atoms with Crippen molar-refractivity contribution in [3.63, 3.8) is 0 Å². The van der Waals surface area contributed by atoms with Gasteiger partial charge in [0.05, 0.1) is 13.2 Å². The number of ether oxygens (including phenoxy) is 3. The second kappa shape index (κ2) is 7.76. The van der Waals surface area contributed by atoms with E-state index >= 15 is 0 Å². The number of para-hydroxylation sites is 2. The molecule has 2 heterocycles. The largest absolute Gasteiger partial charge is 0.485 e. The molecule has 2 aromatic carbocycles. The van der Waals surface area contributed by atoms with Crippen LogP contribution in [0.1, 0.15) is 5.56 Å². The Balaban J connectivity index is 1.33. The number of carbonyl (C=O) groups is 1. The lowest BCUT2D eigenvalue weighted by molar-refractivity contribution is -0.125. The van der Waals surface area contributed by atoms with Crippen LogP contribution in [0, 0.1) is 0 Å². The summed E-state index contributed by atoms with van der Waals surface area (Å²) >= 11 is 0. The predicted molar refractivity (Wildman–Crippen MR) is 97.5 cm³/mol. The number of benzene rings is 2. The van der Waals surface area contributed by atoms with Crippen molar-refractivity contribution >= 4 is 11.6 Å². The fourth-order valence-corrected chi connectivity index (χ4v) is 3.08. The Hall–Kier alpha value is -2.57. The van der Waals surface area contributed by atoms with Crippen LogP contribution in [0.4, 0.5) is 5.69 Å². The van der Waals surface area contributed by atoms with Gasteiger partial charge in [0.1, 0.15) is 6.61 Å². The second-order valence-corrected chi connectivity index (χ2v) is 6.44. The molecule has 0 saturated carbocycles. The molecular weight excluding hydrogens is 332 g/mol. The standard InChI is InChI=1S/C20H22N2O4/c23-20(19-14-25-17-3-1-2-4-18(17)26-19)21-16-7-5-15(6-8-16)13-22-9-11-24-12-10-22/h1-8,19H,9-14H2,(H,21,23). The van der Waals surface area contributed by atoms with Gasteiger partial charge in [0, 0.05) is 25.3 Å². The highest BCUT2D eigenvalue weighted by atomic mass is 16.6. The maximum atomic E-state index is 12.4. The zero-order valence-corrected chi connectivity index (χ0v) is 14.5. The Morgan fingerprint density at radius 2 is 1.77 bits per heavy atom. The van der Waals surface area contributed by atoms with E-state index in [1.165, 1.54) is 5.56 Å². The molecule has 0 spiro atoms. The molecule has 1 atom stereocenters. The Labute approximate surface area is 152 Å². The Bertz CT molecular complexity index is 757. The van der Waals surface area contributed by atoms with Gasteiger partial charge < -0.3 is 19.5 Å². The number of fused-ring (bicyclic) bond motifs is 1. The number of anilines is 1. The maximum absolute atomic E-state index is 12.4.